The largest absolute Gasteiger partial charge is 0.493 e. The molecule has 1 saturated heterocycles. The van der Waals surface area contributed by atoms with Crippen LogP contribution in [0.25, 0.3) is 6.08 Å². The third-order valence-electron chi connectivity index (χ3n) is 4.45. The molecule has 0 saturated carbocycles. The summed E-state index contributed by atoms with van der Waals surface area (Å²) in [4.78, 5) is 22.9. The van der Waals surface area contributed by atoms with Gasteiger partial charge in [-0.2, -0.15) is 0 Å². The number of hydrogen-bond donors (Lipinski definition) is 2. The van der Waals surface area contributed by atoms with Crippen molar-refractivity contribution >= 4 is 18.0 Å². The minimum absolute atomic E-state index is 0.194. The Morgan fingerprint density at radius 2 is 1.63 bits per heavy atom. The second-order valence-electron chi connectivity index (χ2n) is 6.92. The molecule has 3 rings (SSSR count). The maximum atomic E-state index is 11.7. The molecule has 3 amide bonds. The lowest BCUT2D eigenvalue weighted by molar-refractivity contribution is -0.115. The van der Waals surface area contributed by atoms with Crippen molar-refractivity contribution in [3.63, 3.8) is 0 Å². The third-order valence-corrected chi connectivity index (χ3v) is 4.45. The predicted molar refractivity (Wildman–Crippen MR) is 114 cm³/mol. The number of amides is 3. The second kappa shape index (κ2) is 9.82. The SMILES string of the molecule is CCOc1cc(/C=C2/NC(=O)NC2=O)ccc1OCCCOc1cc(C)ccc1C. The van der Waals surface area contributed by atoms with Gasteiger partial charge in [0.1, 0.15) is 11.4 Å². The average molecular weight is 410 g/mol. The van der Waals surface area contributed by atoms with Crippen LogP contribution in [0.2, 0.25) is 0 Å². The van der Waals surface area contributed by atoms with Crippen molar-refractivity contribution in [3.8, 4) is 17.2 Å². The fourth-order valence-corrected chi connectivity index (χ4v) is 2.94. The minimum atomic E-state index is -0.528. The van der Waals surface area contributed by atoms with Gasteiger partial charge in [-0.1, -0.05) is 18.2 Å². The molecular weight excluding hydrogens is 384 g/mol. The highest BCUT2D eigenvalue weighted by atomic mass is 16.5. The molecule has 2 aromatic carbocycles. The van der Waals surface area contributed by atoms with Crippen LogP contribution in [-0.4, -0.2) is 31.8 Å². The summed E-state index contributed by atoms with van der Waals surface area (Å²) in [7, 11) is 0. The first kappa shape index (κ1) is 21.2. The quantitative estimate of drug-likeness (QED) is 0.374. The van der Waals surface area contributed by atoms with Gasteiger partial charge in [-0.15, -0.1) is 0 Å². The first-order valence-corrected chi connectivity index (χ1v) is 9.90. The number of urea groups is 1. The number of rotatable bonds is 9. The average Bonchev–Trinajstić information content (AvgIpc) is 3.02. The van der Waals surface area contributed by atoms with E-state index in [9.17, 15) is 9.59 Å². The zero-order chi connectivity index (χ0) is 21.5. The van der Waals surface area contributed by atoms with Gasteiger partial charge in [-0.25, -0.2) is 4.79 Å². The molecular formula is C23H26N2O5. The van der Waals surface area contributed by atoms with E-state index in [4.69, 9.17) is 14.2 Å². The first-order valence-electron chi connectivity index (χ1n) is 9.90. The molecule has 0 aliphatic carbocycles. The van der Waals surface area contributed by atoms with Crippen molar-refractivity contribution in [3.05, 3.63) is 58.8 Å². The summed E-state index contributed by atoms with van der Waals surface area (Å²) in [5.74, 6) is 1.63. The standard InChI is InChI=1S/C23H26N2O5/c1-4-28-21-14-17(13-18-22(26)25-23(27)24-18)8-9-19(21)29-10-5-11-30-20-12-15(2)6-7-16(20)3/h6-9,12-14H,4-5,10-11H2,1-3H3,(H2,24,25,26,27)/b18-13+. The van der Waals surface area contributed by atoms with E-state index in [1.807, 2.05) is 32.9 Å². The van der Waals surface area contributed by atoms with E-state index in [0.29, 0.717) is 31.3 Å². The lowest BCUT2D eigenvalue weighted by atomic mass is 10.1. The van der Waals surface area contributed by atoms with Crippen LogP contribution in [0.4, 0.5) is 4.79 Å². The van der Waals surface area contributed by atoms with E-state index in [2.05, 4.69) is 16.7 Å². The zero-order valence-electron chi connectivity index (χ0n) is 17.4. The highest BCUT2D eigenvalue weighted by Crippen LogP contribution is 2.29. The Hall–Kier alpha value is -3.48. The number of carbonyl (C=O) groups excluding carboxylic acids is 2. The lowest BCUT2D eigenvalue weighted by Crippen LogP contribution is -2.22. The van der Waals surface area contributed by atoms with Gasteiger partial charge in [0.2, 0.25) is 0 Å². The van der Waals surface area contributed by atoms with Gasteiger partial charge < -0.3 is 19.5 Å². The molecule has 0 bridgehead atoms. The van der Waals surface area contributed by atoms with E-state index >= 15 is 0 Å². The smallest absolute Gasteiger partial charge is 0.326 e. The first-order chi connectivity index (χ1) is 14.5. The van der Waals surface area contributed by atoms with Gasteiger partial charge in [-0.05, 0) is 61.7 Å². The van der Waals surface area contributed by atoms with Gasteiger partial charge in [0.15, 0.2) is 11.5 Å². The molecule has 7 nitrogen and oxygen atoms in total. The van der Waals surface area contributed by atoms with E-state index < -0.39 is 11.9 Å². The number of aryl methyl sites for hydroxylation is 2. The molecule has 0 unspecified atom stereocenters. The van der Waals surface area contributed by atoms with Crippen LogP contribution in [-0.2, 0) is 4.79 Å². The van der Waals surface area contributed by atoms with E-state index in [0.717, 1.165) is 28.9 Å². The lowest BCUT2D eigenvalue weighted by Gasteiger charge is -2.14. The van der Waals surface area contributed by atoms with Crippen LogP contribution < -0.4 is 24.8 Å². The van der Waals surface area contributed by atoms with Crippen molar-refractivity contribution in [2.24, 2.45) is 0 Å². The van der Waals surface area contributed by atoms with E-state index in [1.54, 1.807) is 24.3 Å². The van der Waals surface area contributed by atoms with Gasteiger partial charge in [0.05, 0.1) is 19.8 Å². The number of hydrogen-bond acceptors (Lipinski definition) is 5. The molecule has 1 fully saturated rings. The molecule has 0 radical (unpaired) electrons. The number of carbonyl (C=O) groups is 2. The summed E-state index contributed by atoms with van der Waals surface area (Å²) < 4.78 is 17.4. The Balaban J connectivity index is 1.57. The summed E-state index contributed by atoms with van der Waals surface area (Å²) in [6, 6.07) is 11.0. The summed E-state index contributed by atoms with van der Waals surface area (Å²) >= 11 is 0. The summed E-state index contributed by atoms with van der Waals surface area (Å²) in [5, 5.41) is 4.63. The molecule has 1 aliphatic heterocycles. The molecule has 0 aromatic heterocycles. The van der Waals surface area contributed by atoms with Crippen molar-refractivity contribution in [2.45, 2.75) is 27.2 Å². The van der Waals surface area contributed by atoms with Crippen LogP contribution in [0.5, 0.6) is 17.2 Å². The summed E-state index contributed by atoms with van der Waals surface area (Å²) in [6.07, 6.45) is 2.31. The molecule has 30 heavy (non-hydrogen) atoms. The summed E-state index contributed by atoms with van der Waals surface area (Å²) in [6.45, 7) is 7.45. The van der Waals surface area contributed by atoms with Crippen LogP contribution in [0.3, 0.4) is 0 Å². The molecule has 2 N–H and O–H groups in total. The second-order valence-corrected chi connectivity index (χ2v) is 6.92. The number of ether oxygens (including phenoxy) is 3. The van der Waals surface area contributed by atoms with Crippen molar-refractivity contribution < 1.29 is 23.8 Å². The topological polar surface area (TPSA) is 85.9 Å². The third kappa shape index (κ3) is 5.53. The molecule has 1 aliphatic rings. The Labute approximate surface area is 176 Å². The Bertz CT molecular complexity index is 968. The Morgan fingerprint density at radius 1 is 0.867 bits per heavy atom. The van der Waals surface area contributed by atoms with Crippen LogP contribution in [0.1, 0.15) is 30.0 Å². The van der Waals surface area contributed by atoms with Crippen molar-refractivity contribution in [1.29, 1.82) is 0 Å². The number of nitrogens with one attached hydrogen (secondary N) is 2. The fourth-order valence-electron chi connectivity index (χ4n) is 2.94. The zero-order valence-corrected chi connectivity index (χ0v) is 17.4. The molecule has 0 atom stereocenters. The van der Waals surface area contributed by atoms with E-state index in [1.165, 1.54) is 0 Å². The Kier molecular flexibility index (Phi) is 6.95. The van der Waals surface area contributed by atoms with Gasteiger partial charge >= 0.3 is 6.03 Å². The molecule has 2 aromatic rings. The van der Waals surface area contributed by atoms with Crippen molar-refractivity contribution in [2.75, 3.05) is 19.8 Å². The summed E-state index contributed by atoms with van der Waals surface area (Å²) in [5.41, 5.74) is 3.19. The van der Waals surface area contributed by atoms with Gasteiger partial charge in [0, 0.05) is 6.42 Å². The molecule has 1 heterocycles. The number of benzene rings is 2. The predicted octanol–water partition coefficient (Wildman–Crippen LogP) is 3.73. The maximum Gasteiger partial charge on any atom is 0.326 e. The highest BCUT2D eigenvalue weighted by molar-refractivity contribution is 6.14. The van der Waals surface area contributed by atoms with E-state index in [-0.39, 0.29) is 5.70 Å². The fraction of sp³-hybridized carbons (Fsp3) is 0.304. The monoisotopic (exact) mass is 410 g/mol. The normalized spacial score (nSPS) is 14.4. The maximum absolute atomic E-state index is 11.7. The van der Waals surface area contributed by atoms with Gasteiger partial charge in [0.25, 0.3) is 5.91 Å². The van der Waals surface area contributed by atoms with Crippen molar-refractivity contribution in [1.82, 2.24) is 10.6 Å². The van der Waals surface area contributed by atoms with Crippen LogP contribution in [0.15, 0.2) is 42.1 Å². The molecule has 158 valence electrons. The molecule has 7 heteroatoms. The Morgan fingerprint density at radius 3 is 2.33 bits per heavy atom. The van der Waals surface area contributed by atoms with Gasteiger partial charge in [-0.3, -0.25) is 10.1 Å². The van der Waals surface area contributed by atoms with Crippen LogP contribution >= 0.6 is 0 Å². The highest BCUT2D eigenvalue weighted by Gasteiger charge is 2.22. The number of imide groups is 1. The van der Waals surface area contributed by atoms with Crippen LogP contribution in [0, 0.1) is 13.8 Å². The minimum Gasteiger partial charge on any atom is -0.493 e. The molecule has 0 spiro atoms.